The van der Waals surface area contributed by atoms with Crippen LogP contribution in [0.4, 0.5) is 0 Å². The van der Waals surface area contributed by atoms with Gasteiger partial charge in [-0.2, -0.15) is 0 Å². The second-order valence-corrected chi connectivity index (χ2v) is 18.4. The summed E-state index contributed by atoms with van der Waals surface area (Å²) in [5.74, 6) is 1.03. The highest BCUT2D eigenvalue weighted by atomic mass is 16.5. The first-order chi connectivity index (χ1) is 28.5. The van der Waals surface area contributed by atoms with Crippen LogP contribution in [0.3, 0.4) is 0 Å². The second kappa shape index (κ2) is 41.2. The fourth-order valence-electron chi connectivity index (χ4n) is 8.98. The van der Waals surface area contributed by atoms with Crippen molar-refractivity contribution in [3.05, 3.63) is 0 Å². The number of esters is 2. The minimum absolute atomic E-state index is 0.00607. The van der Waals surface area contributed by atoms with Gasteiger partial charge in [-0.1, -0.05) is 169 Å². The van der Waals surface area contributed by atoms with Crippen molar-refractivity contribution in [2.75, 3.05) is 52.5 Å². The summed E-state index contributed by atoms with van der Waals surface area (Å²) in [5.41, 5.74) is 0. The van der Waals surface area contributed by atoms with Crippen LogP contribution >= 0.6 is 0 Å². The molecule has 0 aromatic rings. The van der Waals surface area contributed by atoms with Crippen molar-refractivity contribution in [1.29, 1.82) is 0 Å². The van der Waals surface area contributed by atoms with E-state index in [-0.39, 0.29) is 18.5 Å². The SMILES string of the molecule is CCCCCCCCC(CCCCCC)COC(=O)CCCCCN(CCCCCC(=O)OCC(CCCCCC)CCCCCCCC)C1CCN(CCO)CC1. The van der Waals surface area contributed by atoms with E-state index in [1.54, 1.807) is 0 Å². The summed E-state index contributed by atoms with van der Waals surface area (Å²) in [6, 6.07) is 0.576. The predicted molar refractivity (Wildman–Crippen MR) is 247 cm³/mol. The first-order valence-electron chi connectivity index (χ1n) is 25.9. The molecule has 1 aliphatic heterocycles. The molecule has 2 atom stereocenters. The highest BCUT2D eigenvalue weighted by Crippen LogP contribution is 2.23. The lowest BCUT2D eigenvalue weighted by Crippen LogP contribution is -2.46. The number of β-amino-alcohol motifs (C(OH)–C–C–N with tert-alkyl or cyclic N) is 1. The van der Waals surface area contributed by atoms with Crippen LogP contribution in [-0.4, -0.2) is 85.4 Å². The average Bonchev–Trinajstić information content (AvgIpc) is 3.23. The van der Waals surface area contributed by atoms with Crippen molar-refractivity contribution < 1.29 is 24.2 Å². The summed E-state index contributed by atoms with van der Waals surface area (Å²) in [5, 5.41) is 9.45. The van der Waals surface area contributed by atoms with E-state index in [0.717, 1.165) is 84.1 Å². The highest BCUT2D eigenvalue weighted by Gasteiger charge is 2.24. The van der Waals surface area contributed by atoms with Crippen molar-refractivity contribution in [2.24, 2.45) is 11.8 Å². The summed E-state index contributed by atoms with van der Waals surface area (Å²) in [4.78, 5) is 30.7. The third kappa shape index (κ3) is 32.6. The Morgan fingerprint density at radius 2 is 0.862 bits per heavy atom. The zero-order valence-corrected chi connectivity index (χ0v) is 39.4. The number of aliphatic hydroxyl groups is 1. The van der Waals surface area contributed by atoms with Crippen molar-refractivity contribution in [3.63, 3.8) is 0 Å². The van der Waals surface area contributed by atoms with Crippen LogP contribution in [-0.2, 0) is 19.1 Å². The smallest absolute Gasteiger partial charge is 0.305 e. The van der Waals surface area contributed by atoms with Gasteiger partial charge in [-0.3, -0.25) is 9.59 Å². The second-order valence-electron chi connectivity index (χ2n) is 18.4. The molecular weight excluding hydrogens is 721 g/mol. The minimum Gasteiger partial charge on any atom is -0.465 e. The molecule has 1 heterocycles. The number of rotatable bonds is 43. The van der Waals surface area contributed by atoms with Crippen molar-refractivity contribution >= 4 is 11.9 Å². The zero-order chi connectivity index (χ0) is 42.2. The van der Waals surface area contributed by atoms with E-state index >= 15 is 0 Å². The first-order valence-corrected chi connectivity index (χ1v) is 25.9. The lowest BCUT2D eigenvalue weighted by Gasteiger charge is -2.38. The van der Waals surface area contributed by atoms with Crippen LogP contribution in [0.15, 0.2) is 0 Å². The van der Waals surface area contributed by atoms with E-state index in [0.29, 0.717) is 43.9 Å². The number of piperidine rings is 1. The van der Waals surface area contributed by atoms with Gasteiger partial charge in [0, 0.05) is 25.4 Å². The molecule has 0 aromatic heterocycles. The van der Waals surface area contributed by atoms with E-state index in [2.05, 4.69) is 37.5 Å². The molecular formula is C51H100N2O5. The molecule has 2 unspecified atom stereocenters. The van der Waals surface area contributed by atoms with Crippen LogP contribution < -0.4 is 0 Å². The Balaban J connectivity index is 2.46. The summed E-state index contributed by atoms with van der Waals surface area (Å²) in [6.45, 7) is 15.5. The Labute approximate surface area is 361 Å². The Morgan fingerprint density at radius 3 is 1.24 bits per heavy atom. The normalized spacial score (nSPS) is 14.9. The molecule has 0 aliphatic carbocycles. The van der Waals surface area contributed by atoms with E-state index in [1.165, 1.54) is 154 Å². The molecule has 0 radical (unpaired) electrons. The number of likely N-dealkylation sites (tertiary alicyclic amines) is 1. The largest absolute Gasteiger partial charge is 0.465 e. The molecule has 7 heteroatoms. The van der Waals surface area contributed by atoms with Crippen LogP contribution in [0.25, 0.3) is 0 Å². The van der Waals surface area contributed by atoms with Gasteiger partial charge >= 0.3 is 11.9 Å². The monoisotopic (exact) mass is 821 g/mol. The molecule has 58 heavy (non-hydrogen) atoms. The summed E-state index contributed by atoms with van der Waals surface area (Å²) < 4.78 is 11.8. The fraction of sp³-hybridized carbons (Fsp3) is 0.961. The quantitative estimate of drug-likeness (QED) is 0.0485. The van der Waals surface area contributed by atoms with Gasteiger partial charge in [-0.25, -0.2) is 0 Å². The number of carbonyl (C=O) groups excluding carboxylic acids is 2. The number of ether oxygens (including phenoxy) is 2. The van der Waals surface area contributed by atoms with E-state index in [4.69, 9.17) is 9.47 Å². The van der Waals surface area contributed by atoms with E-state index < -0.39 is 0 Å². The molecule has 1 saturated heterocycles. The molecule has 1 rings (SSSR count). The molecule has 0 saturated carbocycles. The molecule has 7 nitrogen and oxygen atoms in total. The predicted octanol–water partition coefficient (Wildman–Crippen LogP) is 13.6. The molecule has 0 spiro atoms. The zero-order valence-electron chi connectivity index (χ0n) is 39.4. The lowest BCUT2D eigenvalue weighted by atomic mass is 9.95. The molecule has 1 fully saturated rings. The summed E-state index contributed by atoms with van der Waals surface area (Å²) in [7, 11) is 0. The topological polar surface area (TPSA) is 79.3 Å². The van der Waals surface area contributed by atoms with Gasteiger partial charge in [0.25, 0.3) is 0 Å². The van der Waals surface area contributed by atoms with Crippen LogP contribution in [0.2, 0.25) is 0 Å². The fourth-order valence-corrected chi connectivity index (χ4v) is 8.98. The van der Waals surface area contributed by atoms with Gasteiger partial charge in [-0.05, 0) is 102 Å². The van der Waals surface area contributed by atoms with Crippen molar-refractivity contribution in [3.8, 4) is 0 Å². The van der Waals surface area contributed by atoms with Gasteiger partial charge in [-0.15, -0.1) is 0 Å². The molecule has 344 valence electrons. The highest BCUT2D eigenvalue weighted by molar-refractivity contribution is 5.69. The van der Waals surface area contributed by atoms with Gasteiger partial charge in [0.05, 0.1) is 19.8 Å². The van der Waals surface area contributed by atoms with Gasteiger partial charge in [0.15, 0.2) is 0 Å². The summed E-state index contributed by atoms with van der Waals surface area (Å²) in [6.07, 6.45) is 40.3. The number of carbonyl (C=O) groups is 2. The third-order valence-corrected chi connectivity index (χ3v) is 13.0. The Morgan fingerprint density at radius 1 is 0.517 bits per heavy atom. The molecule has 0 bridgehead atoms. The Bertz CT molecular complexity index is 836. The van der Waals surface area contributed by atoms with Gasteiger partial charge in [0.1, 0.15) is 0 Å². The lowest BCUT2D eigenvalue weighted by molar-refractivity contribution is -0.146. The number of hydrogen-bond acceptors (Lipinski definition) is 7. The van der Waals surface area contributed by atoms with Crippen molar-refractivity contribution in [1.82, 2.24) is 9.80 Å². The molecule has 0 aromatic carbocycles. The molecule has 1 N–H and O–H groups in total. The Hall–Kier alpha value is -1.18. The maximum atomic E-state index is 12.8. The van der Waals surface area contributed by atoms with Crippen LogP contribution in [0.1, 0.15) is 246 Å². The molecule has 1 aliphatic rings. The average molecular weight is 821 g/mol. The van der Waals surface area contributed by atoms with Crippen LogP contribution in [0, 0.1) is 11.8 Å². The van der Waals surface area contributed by atoms with Crippen molar-refractivity contribution in [2.45, 2.75) is 252 Å². The first kappa shape index (κ1) is 54.8. The molecule has 0 amide bonds. The maximum absolute atomic E-state index is 12.8. The van der Waals surface area contributed by atoms with E-state index in [9.17, 15) is 14.7 Å². The number of aliphatic hydroxyl groups excluding tert-OH is 1. The third-order valence-electron chi connectivity index (χ3n) is 13.0. The van der Waals surface area contributed by atoms with Gasteiger partial charge < -0.3 is 24.4 Å². The minimum atomic E-state index is -0.00607. The summed E-state index contributed by atoms with van der Waals surface area (Å²) >= 11 is 0. The number of unbranched alkanes of at least 4 members (excludes halogenated alkanes) is 20. The van der Waals surface area contributed by atoms with Crippen LogP contribution in [0.5, 0.6) is 0 Å². The van der Waals surface area contributed by atoms with Gasteiger partial charge in [0.2, 0.25) is 0 Å². The maximum Gasteiger partial charge on any atom is 0.305 e. The Kier molecular flexibility index (Phi) is 38.9. The number of hydrogen-bond donors (Lipinski definition) is 1. The van der Waals surface area contributed by atoms with E-state index in [1.807, 2.05) is 0 Å². The standard InChI is InChI=1S/C51H100N2O5/c1-5-9-13-17-19-25-33-47(31-23-15-11-7-3)45-57-50(55)35-27-21-29-39-53(49-37-41-52(42-38-49)43-44-54)40-30-22-28-36-51(56)58-46-48(32-24-16-12-8-4)34-26-20-18-14-10-6-2/h47-49,54H,5-46H2,1-4H3. The number of nitrogens with zero attached hydrogens (tertiary/aromatic N) is 2.